The summed E-state index contributed by atoms with van der Waals surface area (Å²) in [5, 5.41) is 4.75. The summed E-state index contributed by atoms with van der Waals surface area (Å²) in [7, 11) is 1.58. The van der Waals surface area contributed by atoms with Gasteiger partial charge in [-0.25, -0.2) is 5.43 Å². The van der Waals surface area contributed by atoms with Crippen LogP contribution in [-0.2, 0) is 16.2 Å². The zero-order valence-electron chi connectivity index (χ0n) is 20.6. The average Bonchev–Trinajstić information content (AvgIpc) is 3.31. The lowest BCUT2D eigenvalue weighted by Gasteiger charge is -2.16. The average molecular weight is 522 g/mol. The molecular weight excluding hydrogens is 494 g/mol. The van der Waals surface area contributed by atoms with Gasteiger partial charge in [-0.2, -0.15) is 5.10 Å². The Morgan fingerprint density at radius 2 is 1.84 bits per heavy atom. The van der Waals surface area contributed by atoms with Gasteiger partial charge in [0.05, 0.1) is 25.8 Å². The van der Waals surface area contributed by atoms with Crippen LogP contribution in [0.1, 0.15) is 24.5 Å². The molecule has 1 aliphatic heterocycles. The largest absolute Gasteiger partial charge is 0.497 e. The van der Waals surface area contributed by atoms with Gasteiger partial charge in [-0.05, 0) is 72.6 Å². The summed E-state index contributed by atoms with van der Waals surface area (Å²) in [6.45, 7) is 3.02. The van der Waals surface area contributed by atoms with Crippen LogP contribution in [0.4, 0.5) is 5.69 Å². The third kappa shape index (κ3) is 6.80. The van der Waals surface area contributed by atoms with Crippen LogP contribution in [0.25, 0.3) is 0 Å². The number of anilines is 1. The molecule has 1 fully saturated rings. The van der Waals surface area contributed by atoms with Crippen molar-refractivity contribution in [1.82, 2.24) is 5.43 Å². The number of hydrazone groups is 1. The van der Waals surface area contributed by atoms with E-state index in [0.29, 0.717) is 42.0 Å². The monoisotopic (exact) mass is 521 g/mol. The summed E-state index contributed by atoms with van der Waals surface area (Å²) >= 11 is 5.94. The number of amides is 2. The van der Waals surface area contributed by atoms with Crippen LogP contribution in [0, 0.1) is 5.92 Å². The number of hydrogen-bond donors (Lipinski definition) is 1. The second-order valence-corrected chi connectivity index (χ2v) is 8.83. The van der Waals surface area contributed by atoms with E-state index >= 15 is 0 Å². The smallest absolute Gasteiger partial charge is 0.245 e. The highest BCUT2D eigenvalue weighted by Crippen LogP contribution is 2.29. The van der Waals surface area contributed by atoms with Crippen LogP contribution in [-0.4, -0.2) is 38.3 Å². The Bertz CT molecular complexity index is 1260. The first-order valence-electron chi connectivity index (χ1n) is 11.9. The second-order valence-electron chi connectivity index (χ2n) is 8.39. The molecule has 1 saturated heterocycles. The van der Waals surface area contributed by atoms with Crippen molar-refractivity contribution < 1.29 is 23.8 Å². The molecule has 0 radical (unpaired) electrons. The third-order valence-corrected chi connectivity index (χ3v) is 6.10. The fraction of sp³-hybridized carbons (Fsp3) is 0.250. The number of benzene rings is 3. The Kier molecular flexibility index (Phi) is 8.64. The molecule has 4 rings (SSSR count). The number of nitrogens with one attached hydrogen (secondary N) is 1. The van der Waals surface area contributed by atoms with E-state index < -0.39 is 5.92 Å². The highest BCUT2D eigenvalue weighted by Gasteiger charge is 2.35. The van der Waals surface area contributed by atoms with Gasteiger partial charge in [-0.15, -0.1) is 0 Å². The normalized spacial score (nSPS) is 15.2. The van der Waals surface area contributed by atoms with E-state index in [-0.39, 0.29) is 18.2 Å². The minimum absolute atomic E-state index is 0.107. The Morgan fingerprint density at radius 1 is 1.08 bits per heavy atom. The van der Waals surface area contributed by atoms with Gasteiger partial charge >= 0.3 is 0 Å². The number of carbonyl (C=O) groups excluding carboxylic acids is 2. The predicted molar refractivity (Wildman–Crippen MR) is 143 cm³/mol. The molecule has 3 aromatic carbocycles. The molecule has 0 spiro atoms. The van der Waals surface area contributed by atoms with E-state index in [0.717, 1.165) is 16.8 Å². The van der Waals surface area contributed by atoms with E-state index in [1.165, 1.54) is 6.21 Å². The van der Waals surface area contributed by atoms with E-state index in [1.54, 1.807) is 48.4 Å². The molecule has 1 heterocycles. The van der Waals surface area contributed by atoms with Gasteiger partial charge in [0.25, 0.3) is 0 Å². The molecule has 0 unspecified atom stereocenters. The molecule has 1 atom stereocenters. The number of halogens is 1. The fourth-order valence-corrected chi connectivity index (χ4v) is 4.02. The minimum atomic E-state index is -0.491. The summed E-state index contributed by atoms with van der Waals surface area (Å²) in [5.74, 6) is 0.963. The number of methoxy groups -OCH3 is 1. The molecule has 8 nitrogen and oxygen atoms in total. The van der Waals surface area contributed by atoms with Gasteiger partial charge in [0.2, 0.25) is 11.8 Å². The van der Waals surface area contributed by atoms with E-state index in [1.807, 2.05) is 37.3 Å². The van der Waals surface area contributed by atoms with Gasteiger partial charge in [0.15, 0.2) is 11.5 Å². The quantitative estimate of drug-likeness (QED) is 0.305. The van der Waals surface area contributed by atoms with Gasteiger partial charge in [0, 0.05) is 23.7 Å². The molecule has 2 amide bonds. The Hall–Kier alpha value is -4.04. The predicted octanol–water partition coefficient (Wildman–Crippen LogP) is 4.83. The lowest BCUT2D eigenvalue weighted by molar-refractivity contribution is -0.126. The lowest BCUT2D eigenvalue weighted by Crippen LogP contribution is -2.30. The van der Waals surface area contributed by atoms with E-state index in [9.17, 15) is 9.59 Å². The summed E-state index contributed by atoms with van der Waals surface area (Å²) in [6, 6.07) is 20.0. The molecule has 192 valence electrons. The first kappa shape index (κ1) is 26.0. The van der Waals surface area contributed by atoms with Crippen molar-refractivity contribution in [3.63, 3.8) is 0 Å². The van der Waals surface area contributed by atoms with E-state index in [2.05, 4.69) is 10.5 Å². The van der Waals surface area contributed by atoms with Crippen LogP contribution in [0.3, 0.4) is 0 Å². The minimum Gasteiger partial charge on any atom is -0.497 e. The van der Waals surface area contributed by atoms with Crippen molar-refractivity contribution in [1.29, 1.82) is 0 Å². The summed E-state index contributed by atoms with van der Waals surface area (Å²) < 4.78 is 16.8. The molecule has 3 aromatic rings. The molecule has 0 saturated carbocycles. The zero-order valence-corrected chi connectivity index (χ0v) is 21.4. The zero-order chi connectivity index (χ0) is 26.2. The molecule has 0 aromatic heterocycles. The summed E-state index contributed by atoms with van der Waals surface area (Å²) in [6.07, 6.45) is 1.66. The van der Waals surface area contributed by atoms with Gasteiger partial charge in [0.1, 0.15) is 12.4 Å². The summed E-state index contributed by atoms with van der Waals surface area (Å²) in [5.41, 5.74) is 4.99. The molecular formula is C28H28ClN3O5. The van der Waals surface area contributed by atoms with Crippen LogP contribution >= 0.6 is 11.6 Å². The Labute approximate surface area is 220 Å². The van der Waals surface area contributed by atoms with Gasteiger partial charge in [-0.3, -0.25) is 9.59 Å². The number of nitrogens with zero attached hydrogens (tertiary/aromatic N) is 2. The molecule has 0 bridgehead atoms. The number of ether oxygens (including phenoxy) is 3. The maximum atomic E-state index is 12.6. The van der Waals surface area contributed by atoms with Crippen LogP contribution < -0.4 is 24.5 Å². The number of carbonyl (C=O) groups is 2. The lowest BCUT2D eigenvalue weighted by atomic mass is 10.1. The highest BCUT2D eigenvalue weighted by atomic mass is 35.5. The number of hydrogen-bond acceptors (Lipinski definition) is 6. The van der Waals surface area contributed by atoms with Crippen LogP contribution in [0.5, 0.6) is 17.2 Å². The topological polar surface area (TPSA) is 89.5 Å². The van der Waals surface area contributed by atoms with Gasteiger partial charge in [-0.1, -0.05) is 23.7 Å². The number of rotatable bonds is 10. The van der Waals surface area contributed by atoms with Crippen LogP contribution in [0.2, 0.25) is 5.02 Å². The molecule has 9 heteroatoms. The van der Waals surface area contributed by atoms with Crippen molar-refractivity contribution in [3.8, 4) is 17.2 Å². The molecule has 37 heavy (non-hydrogen) atoms. The highest BCUT2D eigenvalue weighted by molar-refractivity contribution is 6.30. The maximum Gasteiger partial charge on any atom is 0.245 e. The third-order valence-electron chi connectivity index (χ3n) is 5.84. The SMILES string of the molecule is CCOc1cc(/C=N/NC(=O)[C@H]2CC(=O)N(c3ccc(OC)cc3)C2)ccc1OCc1ccc(Cl)cc1. The van der Waals surface area contributed by atoms with Crippen molar-refractivity contribution >= 4 is 35.3 Å². The van der Waals surface area contributed by atoms with E-state index in [4.69, 9.17) is 25.8 Å². The van der Waals surface area contributed by atoms with Crippen molar-refractivity contribution in [2.24, 2.45) is 11.0 Å². The molecule has 1 N–H and O–H groups in total. The maximum absolute atomic E-state index is 12.6. The first-order chi connectivity index (χ1) is 18.0. The van der Waals surface area contributed by atoms with Crippen molar-refractivity contribution in [2.45, 2.75) is 20.0 Å². The fourth-order valence-electron chi connectivity index (χ4n) is 3.89. The Morgan fingerprint density at radius 3 is 2.54 bits per heavy atom. The Balaban J connectivity index is 1.34. The van der Waals surface area contributed by atoms with Gasteiger partial charge < -0.3 is 19.1 Å². The second kappa shape index (κ2) is 12.3. The van der Waals surface area contributed by atoms with Crippen LogP contribution in [0.15, 0.2) is 71.8 Å². The summed E-state index contributed by atoms with van der Waals surface area (Å²) in [4.78, 5) is 26.7. The standard InChI is InChI=1S/C28H28ClN3O5/c1-3-36-26-14-20(6-13-25(26)37-18-19-4-7-22(29)8-5-19)16-30-31-28(34)21-15-27(33)32(17-21)23-9-11-24(35-2)12-10-23/h4-14,16,21H,3,15,17-18H2,1-2H3,(H,31,34)/b30-16+/t21-/m0/s1. The molecule has 0 aliphatic carbocycles. The van der Waals surface area contributed by atoms with Crippen molar-refractivity contribution in [2.75, 3.05) is 25.2 Å². The van der Waals surface area contributed by atoms with Crippen molar-refractivity contribution in [3.05, 3.63) is 82.9 Å². The molecule has 1 aliphatic rings. The first-order valence-corrected chi connectivity index (χ1v) is 12.3.